The first-order valence-electron chi connectivity index (χ1n) is 6.85. The second-order valence-corrected chi connectivity index (χ2v) is 6.63. The largest absolute Gasteiger partial charge is 0.368 e. The Balaban J connectivity index is 1.86. The van der Waals surface area contributed by atoms with E-state index in [1.165, 1.54) is 12.1 Å². The van der Waals surface area contributed by atoms with Crippen LogP contribution in [0.1, 0.15) is 26.2 Å². The summed E-state index contributed by atoms with van der Waals surface area (Å²) in [6.07, 6.45) is 2.82. The van der Waals surface area contributed by atoms with Crippen LogP contribution in [0.3, 0.4) is 0 Å². The van der Waals surface area contributed by atoms with Gasteiger partial charge in [-0.15, -0.1) is 11.8 Å². The molecule has 0 spiro atoms. The zero-order chi connectivity index (χ0) is 15.5. The van der Waals surface area contributed by atoms with E-state index in [2.05, 4.69) is 5.32 Å². The molecule has 1 aliphatic rings. The number of hydrogen-bond acceptors (Lipinski definition) is 5. The van der Waals surface area contributed by atoms with Crippen LogP contribution in [-0.2, 0) is 4.79 Å². The Kier molecular flexibility index (Phi) is 4.84. The zero-order valence-electron chi connectivity index (χ0n) is 11.9. The lowest BCUT2D eigenvalue weighted by atomic mass is 9.98. The van der Waals surface area contributed by atoms with Crippen LogP contribution in [0.15, 0.2) is 29.2 Å². The molecule has 1 atom stereocenters. The second kappa shape index (κ2) is 6.44. The van der Waals surface area contributed by atoms with Crippen LogP contribution in [0.2, 0.25) is 0 Å². The molecule has 114 valence electrons. The van der Waals surface area contributed by atoms with E-state index in [1.807, 2.05) is 6.92 Å². The molecule has 7 heteroatoms. The number of nitro benzene ring substituents is 1. The first-order chi connectivity index (χ1) is 9.90. The summed E-state index contributed by atoms with van der Waals surface area (Å²) in [6.45, 7) is 1.84. The molecule has 1 aromatic rings. The lowest BCUT2D eigenvalue weighted by molar-refractivity contribution is -0.384. The van der Waals surface area contributed by atoms with E-state index in [4.69, 9.17) is 5.73 Å². The first-order valence-corrected chi connectivity index (χ1v) is 7.84. The van der Waals surface area contributed by atoms with Gasteiger partial charge in [-0.25, -0.2) is 0 Å². The minimum absolute atomic E-state index is 0.0803. The molecule has 1 fully saturated rings. The van der Waals surface area contributed by atoms with Gasteiger partial charge in [0.2, 0.25) is 5.91 Å². The maximum absolute atomic E-state index is 11.6. The Bertz CT molecular complexity index is 531. The first kappa shape index (κ1) is 15.8. The summed E-state index contributed by atoms with van der Waals surface area (Å²) in [7, 11) is 0. The van der Waals surface area contributed by atoms with Crippen molar-refractivity contribution in [3.8, 4) is 0 Å². The van der Waals surface area contributed by atoms with Crippen LogP contribution < -0.4 is 11.1 Å². The van der Waals surface area contributed by atoms with Gasteiger partial charge in [-0.3, -0.25) is 14.9 Å². The molecule has 2 rings (SSSR count). The number of thioether (sulfide) groups is 1. The average molecular weight is 309 g/mol. The van der Waals surface area contributed by atoms with E-state index in [-0.39, 0.29) is 11.6 Å². The summed E-state index contributed by atoms with van der Waals surface area (Å²) in [5.41, 5.74) is 4.89. The molecule has 0 saturated heterocycles. The molecule has 0 aromatic heterocycles. The van der Waals surface area contributed by atoms with Crippen LogP contribution in [0, 0.1) is 10.1 Å². The SMILES string of the molecule is CC(CCSc1ccc([N+](=O)[O-])cc1)(NC1CC1)C(N)=O. The van der Waals surface area contributed by atoms with Crippen LogP contribution in [0.5, 0.6) is 0 Å². The summed E-state index contributed by atoms with van der Waals surface area (Å²) in [6, 6.07) is 6.82. The highest BCUT2D eigenvalue weighted by molar-refractivity contribution is 7.99. The van der Waals surface area contributed by atoms with E-state index < -0.39 is 10.5 Å². The Morgan fingerprint density at radius 3 is 2.57 bits per heavy atom. The number of carbonyl (C=O) groups excluding carboxylic acids is 1. The lowest BCUT2D eigenvalue weighted by Crippen LogP contribution is -2.54. The Morgan fingerprint density at radius 2 is 2.10 bits per heavy atom. The molecular weight excluding hydrogens is 290 g/mol. The van der Waals surface area contributed by atoms with Gasteiger partial charge in [0, 0.05) is 28.8 Å². The molecule has 0 aliphatic heterocycles. The Morgan fingerprint density at radius 1 is 1.48 bits per heavy atom. The predicted octanol–water partition coefficient (Wildman–Crippen LogP) is 2.07. The molecule has 0 bridgehead atoms. The smallest absolute Gasteiger partial charge is 0.269 e. The number of amides is 1. The molecule has 21 heavy (non-hydrogen) atoms. The number of benzene rings is 1. The number of nitro groups is 1. The highest BCUT2D eigenvalue weighted by Crippen LogP contribution is 2.27. The maximum Gasteiger partial charge on any atom is 0.269 e. The van der Waals surface area contributed by atoms with Gasteiger partial charge >= 0.3 is 0 Å². The molecule has 1 unspecified atom stereocenters. The van der Waals surface area contributed by atoms with Gasteiger partial charge in [-0.05, 0) is 38.3 Å². The van der Waals surface area contributed by atoms with Gasteiger partial charge in [0.05, 0.1) is 10.5 Å². The minimum Gasteiger partial charge on any atom is -0.368 e. The third kappa shape index (κ3) is 4.44. The van der Waals surface area contributed by atoms with Gasteiger partial charge in [0.1, 0.15) is 0 Å². The van der Waals surface area contributed by atoms with Crippen molar-refractivity contribution in [3.05, 3.63) is 34.4 Å². The van der Waals surface area contributed by atoms with Crippen LogP contribution in [0.25, 0.3) is 0 Å². The highest BCUT2D eigenvalue weighted by atomic mass is 32.2. The molecule has 1 amide bonds. The average Bonchev–Trinajstić information content (AvgIpc) is 3.23. The number of nitrogens with zero attached hydrogens (tertiary/aromatic N) is 1. The van der Waals surface area contributed by atoms with E-state index in [1.54, 1.807) is 23.9 Å². The molecule has 1 aromatic carbocycles. The number of nitrogens with one attached hydrogen (secondary N) is 1. The maximum atomic E-state index is 11.6. The van der Waals surface area contributed by atoms with Crippen LogP contribution in [0.4, 0.5) is 5.69 Å². The molecule has 0 heterocycles. The van der Waals surface area contributed by atoms with Gasteiger partial charge in [0.15, 0.2) is 0 Å². The number of hydrogen-bond donors (Lipinski definition) is 2. The number of nitrogens with two attached hydrogens (primary N) is 1. The third-order valence-electron chi connectivity index (χ3n) is 3.56. The molecule has 3 N–H and O–H groups in total. The van der Waals surface area contributed by atoms with Crippen molar-refractivity contribution in [3.63, 3.8) is 0 Å². The van der Waals surface area contributed by atoms with Gasteiger partial charge in [-0.2, -0.15) is 0 Å². The third-order valence-corrected chi connectivity index (χ3v) is 4.58. The standard InChI is InChI=1S/C14H19N3O3S/c1-14(13(15)18,16-10-2-3-10)8-9-21-12-6-4-11(5-7-12)17(19)20/h4-7,10,16H,2-3,8-9H2,1H3,(H2,15,18). The van der Waals surface area contributed by atoms with E-state index in [9.17, 15) is 14.9 Å². The van der Waals surface area contributed by atoms with Gasteiger partial charge in [0.25, 0.3) is 5.69 Å². The molecule has 6 nitrogen and oxygen atoms in total. The summed E-state index contributed by atoms with van der Waals surface area (Å²) < 4.78 is 0. The summed E-state index contributed by atoms with van der Waals surface area (Å²) in [4.78, 5) is 22.7. The van der Waals surface area contributed by atoms with E-state index >= 15 is 0 Å². The van der Waals surface area contributed by atoms with E-state index in [0.29, 0.717) is 12.5 Å². The number of non-ortho nitro benzene ring substituents is 1. The fourth-order valence-electron chi connectivity index (χ4n) is 1.98. The van der Waals surface area contributed by atoms with Crippen molar-refractivity contribution in [2.75, 3.05) is 5.75 Å². The van der Waals surface area contributed by atoms with Crippen molar-refractivity contribution in [1.29, 1.82) is 0 Å². The molecule has 1 aliphatic carbocycles. The zero-order valence-corrected chi connectivity index (χ0v) is 12.7. The second-order valence-electron chi connectivity index (χ2n) is 5.46. The predicted molar refractivity (Wildman–Crippen MR) is 82.2 cm³/mol. The number of carbonyl (C=O) groups is 1. The van der Waals surface area contributed by atoms with E-state index in [0.717, 1.165) is 23.5 Å². The van der Waals surface area contributed by atoms with Gasteiger partial charge < -0.3 is 11.1 Å². The van der Waals surface area contributed by atoms with Gasteiger partial charge in [-0.1, -0.05) is 0 Å². The minimum atomic E-state index is -0.686. The number of rotatable bonds is 8. The van der Waals surface area contributed by atoms with Crippen molar-refractivity contribution in [2.45, 2.75) is 42.7 Å². The van der Waals surface area contributed by atoms with Crippen LogP contribution in [-0.4, -0.2) is 28.2 Å². The van der Waals surface area contributed by atoms with Crippen molar-refractivity contribution >= 4 is 23.4 Å². The normalized spacial score (nSPS) is 17.2. The summed E-state index contributed by atoms with van der Waals surface area (Å²) >= 11 is 1.56. The molecule has 0 radical (unpaired) electrons. The van der Waals surface area contributed by atoms with Crippen molar-refractivity contribution < 1.29 is 9.72 Å². The fraction of sp³-hybridized carbons (Fsp3) is 0.500. The quantitative estimate of drug-likeness (QED) is 0.435. The van der Waals surface area contributed by atoms with Crippen molar-refractivity contribution in [2.24, 2.45) is 5.73 Å². The topological polar surface area (TPSA) is 98.3 Å². The van der Waals surface area contributed by atoms with Crippen molar-refractivity contribution in [1.82, 2.24) is 5.32 Å². The Hall–Kier alpha value is -1.60. The fourth-order valence-corrected chi connectivity index (χ4v) is 3.06. The lowest BCUT2D eigenvalue weighted by Gasteiger charge is -2.27. The molecule has 1 saturated carbocycles. The monoisotopic (exact) mass is 309 g/mol. The highest BCUT2D eigenvalue weighted by Gasteiger charge is 2.36. The van der Waals surface area contributed by atoms with Crippen LogP contribution >= 0.6 is 11.8 Å². The number of primary amides is 1. The Labute approximate surface area is 127 Å². The summed E-state index contributed by atoms with van der Waals surface area (Å²) in [5, 5.41) is 13.9. The molecular formula is C14H19N3O3S. The summed E-state index contributed by atoms with van der Waals surface area (Å²) in [5.74, 6) is 0.385.